The van der Waals surface area contributed by atoms with Crippen molar-refractivity contribution in [2.45, 2.75) is 45.2 Å². The predicted octanol–water partition coefficient (Wildman–Crippen LogP) is 1.44. The Labute approximate surface area is 97.5 Å². The Kier molecular flexibility index (Phi) is 3.33. The lowest BCUT2D eigenvalue weighted by molar-refractivity contribution is -0.118. The minimum absolute atomic E-state index is 0.190. The summed E-state index contributed by atoms with van der Waals surface area (Å²) in [6.07, 6.45) is 7.80. The molecule has 3 N–H and O–H groups in total. The molecule has 0 saturated heterocycles. The van der Waals surface area contributed by atoms with E-state index in [0.717, 1.165) is 17.8 Å². The molecule has 0 spiro atoms. The fourth-order valence-corrected chi connectivity index (χ4v) is 3.33. The smallest absolute Gasteiger partial charge is 0.218 e. The van der Waals surface area contributed by atoms with Gasteiger partial charge >= 0.3 is 0 Å². The van der Waals surface area contributed by atoms with Gasteiger partial charge in [-0.3, -0.25) is 4.79 Å². The molecule has 0 heterocycles. The Balaban J connectivity index is 1.82. The first-order valence-corrected chi connectivity index (χ1v) is 6.29. The third-order valence-electron chi connectivity index (χ3n) is 4.03. The van der Waals surface area contributed by atoms with Gasteiger partial charge in [-0.05, 0) is 44.4 Å². The minimum atomic E-state index is -0.222. The number of allylic oxidation sites excluding steroid dienone is 2. The average molecular weight is 222 g/mol. The van der Waals surface area contributed by atoms with Crippen LogP contribution in [0, 0.1) is 17.8 Å². The topological polar surface area (TPSA) is 55.1 Å². The van der Waals surface area contributed by atoms with E-state index in [-0.39, 0.29) is 11.9 Å². The third kappa shape index (κ3) is 2.46. The summed E-state index contributed by atoms with van der Waals surface area (Å²) in [5.41, 5.74) is 5.19. The SMILES string of the molecule is CC(CC(N)=O)NC(C)C1CC2C=CC1C2. The second-order valence-corrected chi connectivity index (χ2v) is 5.47. The maximum absolute atomic E-state index is 10.8. The molecule has 16 heavy (non-hydrogen) atoms. The summed E-state index contributed by atoms with van der Waals surface area (Å²) < 4.78 is 0. The van der Waals surface area contributed by atoms with Gasteiger partial charge in [0.05, 0.1) is 0 Å². The van der Waals surface area contributed by atoms with Crippen molar-refractivity contribution in [3.05, 3.63) is 12.2 Å². The summed E-state index contributed by atoms with van der Waals surface area (Å²) in [5.74, 6) is 2.09. The zero-order valence-corrected chi connectivity index (χ0v) is 10.1. The first-order valence-electron chi connectivity index (χ1n) is 6.29. The first kappa shape index (κ1) is 11.6. The van der Waals surface area contributed by atoms with Crippen molar-refractivity contribution in [2.24, 2.45) is 23.5 Å². The molecule has 0 aromatic carbocycles. The largest absolute Gasteiger partial charge is 0.370 e. The van der Waals surface area contributed by atoms with Gasteiger partial charge in [0.2, 0.25) is 5.91 Å². The highest BCUT2D eigenvalue weighted by Gasteiger charge is 2.38. The van der Waals surface area contributed by atoms with Gasteiger partial charge in [0.15, 0.2) is 0 Å². The zero-order valence-electron chi connectivity index (χ0n) is 10.1. The molecule has 2 aliphatic rings. The van der Waals surface area contributed by atoms with Crippen LogP contribution in [0.25, 0.3) is 0 Å². The van der Waals surface area contributed by atoms with Gasteiger partial charge in [-0.15, -0.1) is 0 Å². The number of rotatable bonds is 5. The van der Waals surface area contributed by atoms with Crippen molar-refractivity contribution in [1.29, 1.82) is 0 Å². The summed E-state index contributed by atoms with van der Waals surface area (Å²) in [4.78, 5) is 10.8. The Morgan fingerprint density at radius 2 is 2.19 bits per heavy atom. The molecule has 90 valence electrons. The number of carbonyl (C=O) groups is 1. The van der Waals surface area contributed by atoms with Crippen LogP contribution in [0.2, 0.25) is 0 Å². The predicted molar refractivity (Wildman–Crippen MR) is 64.7 cm³/mol. The van der Waals surface area contributed by atoms with Crippen LogP contribution in [0.4, 0.5) is 0 Å². The summed E-state index contributed by atoms with van der Waals surface area (Å²) in [6, 6.07) is 0.671. The van der Waals surface area contributed by atoms with Gasteiger partial charge in [0, 0.05) is 18.5 Å². The van der Waals surface area contributed by atoms with E-state index in [2.05, 4.69) is 24.4 Å². The van der Waals surface area contributed by atoms with Crippen LogP contribution >= 0.6 is 0 Å². The van der Waals surface area contributed by atoms with Gasteiger partial charge in [0.1, 0.15) is 0 Å². The highest BCUT2D eigenvalue weighted by molar-refractivity contribution is 5.74. The molecule has 1 fully saturated rings. The molecule has 0 radical (unpaired) electrons. The molecule has 2 rings (SSSR count). The van der Waals surface area contributed by atoms with Crippen LogP contribution in [0.5, 0.6) is 0 Å². The van der Waals surface area contributed by atoms with Crippen LogP contribution < -0.4 is 11.1 Å². The number of nitrogens with two attached hydrogens (primary N) is 1. The van der Waals surface area contributed by atoms with Crippen LogP contribution in [0.3, 0.4) is 0 Å². The lowest BCUT2D eigenvalue weighted by atomic mass is 9.87. The molecule has 0 aromatic heterocycles. The number of amides is 1. The quantitative estimate of drug-likeness (QED) is 0.692. The summed E-state index contributed by atoms with van der Waals surface area (Å²) >= 11 is 0. The monoisotopic (exact) mass is 222 g/mol. The second kappa shape index (κ2) is 4.58. The normalized spacial score (nSPS) is 35.2. The van der Waals surface area contributed by atoms with Gasteiger partial charge < -0.3 is 11.1 Å². The maximum atomic E-state index is 10.8. The number of hydrogen-bond donors (Lipinski definition) is 2. The van der Waals surface area contributed by atoms with Gasteiger partial charge in [-0.1, -0.05) is 12.2 Å². The zero-order chi connectivity index (χ0) is 11.7. The lowest BCUT2D eigenvalue weighted by Gasteiger charge is -2.28. The summed E-state index contributed by atoms with van der Waals surface area (Å²) in [5, 5.41) is 3.50. The van der Waals surface area contributed by atoms with E-state index in [9.17, 15) is 4.79 Å². The number of nitrogens with one attached hydrogen (secondary N) is 1. The Morgan fingerprint density at radius 3 is 2.69 bits per heavy atom. The number of fused-ring (bicyclic) bond motifs is 2. The third-order valence-corrected chi connectivity index (χ3v) is 4.03. The molecule has 3 heteroatoms. The van der Waals surface area contributed by atoms with Crippen molar-refractivity contribution in [1.82, 2.24) is 5.32 Å². The molecule has 5 unspecified atom stereocenters. The van der Waals surface area contributed by atoms with Crippen LogP contribution in [-0.2, 0) is 4.79 Å². The van der Waals surface area contributed by atoms with Crippen molar-refractivity contribution in [2.75, 3.05) is 0 Å². The van der Waals surface area contributed by atoms with E-state index in [1.54, 1.807) is 0 Å². The standard InChI is InChI=1S/C13H22N2O/c1-8(5-13(14)16)15-9(2)12-7-10-3-4-11(12)6-10/h3-4,8-12,15H,5-7H2,1-2H3,(H2,14,16). The molecule has 1 saturated carbocycles. The first-order chi connectivity index (χ1) is 7.56. The van der Waals surface area contributed by atoms with Gasteiger partial charge in [-0.25, -0.2) is 0 Å². The fraction of sp³-hybridized carbons (Fsp3) is 0.769. The molecular weight excluding hydrogens is 200 g/mol. The Bertz CT molecular complexity index is 300. The Morgan fingerprint density at radius 1 is 1.44 bits per heavy atom. The van der Waals surface area contributed by atoms with Crippen molar-refractivity contribution in [3.8, 4) is 0 Å². The van der Waals surface area contributed by atoms with E-state index in [1.165, 1.54) is 12.8 Å². The molecular formula is C13H22N2O. The summed E-state index contributed by atoms with van der Waals surface area (Å²) in [7, 11) is 0. The van der Waals surface area contributed by atoms with E-state index in [4.69, 9.17) is 5.73 Å². The molecule has 3 nitrogen and oxygen atoms in total. The van der Waals surface area contributed by atoms with Gasteiger partial charge in [0.25, 0.3) is 0 Å². The summed E-state index contributed by atoms with van der Waals surface area (Å²) in [6.45, 7) is 4.26. The lowest BCUT2D eigenvalue weighted by Crippen LogP contribution is -2.42. The van der Waals surface area contributed by atoms with E-state index >= 15 is 0 Å². The van der Waals surface area contributed by atoms with Crippen LogP contribution in [-0.4, -0.2) is 18.0 Å². The van der Waals surface area contributed by atoms with Crippen molar-refractivity contribution in [3.63, 3.8) is 0 Å². The molecule has 0 aromatic rings. The number of hydrogen-bond acceptors (Lipinski definition) is 2. The fourth-order valence-electron chi connectivity index (χ4n) is 3.33. The van der Waals surface area contributed by atoms with Crippen molar-refractivity contribution >= 4 is 5.91 Å². The second-order valence-electron chi connectivity index (χ2n) is 5.47. The van der Waals surface area contributed by atoms with E-state index in [1.807, 2.05) is 6.92 Å². The molecule has 1 amide bonds. The number of carbonyl (C=O) groups excluding carboxylic acids is 1. The highest BCUT2D eigenvalue weighted by Crippen LogP contribution is 2.44. The van der Waals surface area contributed by atoms with Gasteiger partial charge in [-0.2, -0.15) is 0 Å². The molecule has 0 aliphatic heterocycles. The molecule has 5 atom stereocenters. The van der Waals surface area contributed by atoms with Crippen molar-refractivity contribution < 1.29 is 4.79 Å². The molecule has 2 aliphatic carbocycles. The van der Waals surface area contributed by atoms with E-state index < -0.39 is 0 Å². The molecule has 2 bridgehead atoms. The minimum Gasteiger partial charge on any atom is -0.370 e. The maximum Gasteiger partial charge on any atom is 0.218 e. The number of primary amides is 1. The highest BCUT2D eigenvalue weighted by atomic mass is 16.1. The average Bonchev–Trinajstić information content (AvgIpc) is 2.76. The van der Waals surface area contributed by atoms with Crippen LogP contribution in [0.15, 0.2) is 12.2 Å². The van der Waals surface area contributed by atoms with E-state index in [0.29, 0.717) is 12.5 Å². The Hall–Kier alpha value is -0.830. The van der Waals surface area contributed by atoms with Crippen LogP contribution in [0.1, 0.15) is 33.1 Å².